The first kappa shape index (κ1) is 17.6. The van der Waals surface area contributed by atoms with Crippen LogP contribution in [0.1, 0.15) is 38.5 Å². The molecule has 0 unspecified atom stereocenters. The Balaban J connectivity index is 1.68. The summed E-state index contributed by atoms with van der Waals surface area (Å²) < 4.78 is 33.7. The van der Waals surface area contributed by atoms with Crippen LogP contribution in [0.4, 0.5) is 0 Å². The summed E-state index contributed by atoms with van der Waals surface area (Å²) in [7, 11) is -1.03. The van der Waals surface area contributed by atoms with Crippen LogP contribution in [0, 0.1) is 0 Å². The SMILES string of the molecule is CN1CCC(CNS(=O)(=O)C2CCCC2)(N2CCOCC2)CC1. The Morgan fingerprint density at radius 3 is 2.30 bits per heavy atom. The largest absolute Gasteiger partial charge is 0.379 e. The lowest BCUT2D eigenvalue weighted by Gasteiger charge is -2.49. The van der Waals surface area contributed by atoms with Gasteiger partial charge in [0, 0.05) is 25.2 Å². The molecular formula is C16H31N3O3S. The van der Waals surface area contributed by atoms with E-state index in [0.717, 1.165) is 77.9 Å². The summed E-state index contributed by atoms with van der Waals surface area (Å²) in [4.78, 5) is 4.81. The molecule has 3 fully saturated rings. The van der Waals surface area contributed by atoms with Gasteiger partial charge >= 0.3 is 0 Å². The van der Waals surface area contributed by atoms with E-state index in [2.05, 4.69) is 21.6 Å². The molecule has 0 amide bonds. The smallest absolute Gasteiger partial charge is 0.214 e. The fourth-order valence-corrected chi connectivity index (χ4v) is 5.89. The first-order valence-corrected chi connectivity index (χ1v) is 10.6. The quantitative estimate of drug-likeness (QED) is 0.792. The highest BCUT2D eigenvalue weighted by Crippen LogP contribution is 2.30. The van der Waals surface area contributed by atoms with Gasteiger partial charge in [0.05, 0.1) is 18.5 Å². The lowest BCUT2D eigenvalue weighted by molar-refractivity contribution is -0.0427. The van der Waals surface area contributed by atoms with Crippen LogP contribution in [0.15, 0.2) is 0 Å². The molecule has 7 heteroatoms. The van der Waals surface area contributed by atoms with Crippen LogP contribution in [-0.2, 0) is 14.8 Å². The van der Waals surface area contributed by atoms with Crippen LogP contribution >= 0.6 is 0 Å². The summed E-state index contributed by atoms with van der Waals surface area (Å²) in [5, 5.41) is -0.171. The van der Waals surface area contributed by atoms with Crippen molar-refractivity contribution in [1.29, 1.82) is 0 Å². The van der Waals surface area contributed by atoms with Crippen LogP contribution in [0.5, 0.6) is 0 Å². The molecule has 3 aliphatic rings. The molecule has 0 aromatic heterocycles. The summed E-state index contributed by atoms with van der Waals surface area (Å²) in [6.07, 6.45) is 5.79. The van der Waals surface area contributed by atoms with Gasteiger partial charge in [-0.3, -0.25) is 4.90 Å². The van der Waals surface area contributed by atoms with Crippen molar-refractivity contribution >= 4 is 10.0 Å². The zero-order chi connectivity index (χ0) is 16.3. The van der Waals surface area contributed by atoms with Crippen molar-refractivity contribution in [2.75, 3.05) is 53.0 Å². The Labute approximate surface area is 140 Å². The average Bonchev–Trinajstić information content (AvgIpc) is 3.11. The molecule has 23 heavy (non-hydrogen) atoms. The van der Waals surface area contributed by atoms with Crippen LogP contribution in [-0.4, -0.2) is 82.0 Å². The number of nitrogens with one attached hydrogen (secondary N) is 1. The highest BCUT2D eigenvalue weighted by atomic mass is 32.2. The molecule has 2 heterocycles. The lowest BCUT2D eigenvalue weighted by atomic mass is 9.85. The summed E-state index contributed by atoms with van der Waals surface area (Å²) in [6.45, 7) is 5.95. The third-order valence-electron chi connectivity index (χ3n) is 5.94. The van der Waals surface area contributed by atoms with E-state index in [1.165, 1.54) is 0 Å². The molecule has 134 valence electrons. The molecule has 0 atom stereocenters. The first-order valence-electron chi connectivity index (χ1n) is 9.02. The van der Waals surface area contributed by atoms with Crippen molar-refractivity contribution in [1.82, 2.24) is 14.5 Å². The van der Waals surface area contributed by atoms with Crippen molar-refractivity contribution in [2.24, 2.45) is 0 Å². The molecule has 0 bridgehead atoms. The average molecular weight is 346 g/mol. The number of hydrogen-bond acceptors (Lipinski definition) is 5. The van der Waals surface area contributed by atoms with E-state index in [1.807, 2.05) is 0 Å². The van der Waals surface area contributed by atoms with Crippen LogP contribution in [0.2, 0.25) is 0 Å². The van der Waals surface area contributed by atoms with E-state index in [-0.39, 0.29) is 10.8 Å². The van der Waals surface area contributed by atoms with Gasteiger partial charge in [-0.05, 0) is 45.8 Å². The van der Waals surface area contributed by atoms with Crippen molar-refractivity contribution in [3.8, 4) is 0 Å². The van der Waals surface area contributed by atoms with Gasteiger partial charge < -0.3 is 9.64 Å². The third kappa shape index (κ3) is 4.07. The first-order chi connectivity index (χ1) is 11.0. The number of piperidine rings is 1. The van der Waals surface area contributed by atoms with Crippen molar-refractivity contribution in [3.63, 3.8) is 0 Å². The second kappa shape index (κ2) is 7.35. The van der Waals surface area contributed by atoms with Crippen molar-refractivity contribution in [2.45, 2.75) is 49.3 Å². The lowest BCUT2D eigenvalue weighted by Crippen LogP contribution is -2.62. The Morgan fingerprint density at radius 1 is 1.09 bits per heavy atom. The number of morpholine rings is 1. The number of nitrogens with zero attached hydrogens (tertiary/aromatic N) is 2. The number of sulfonamides is 1. The monoisotopic (exact) mass is 345 g/mol. The van der Waals surface area contributed by atoms with Crippen molar-refractivity contribution in [3.05, 3.63) is 0 Å². The Bertz CT molecular complexity index is 477. The zero-order valence-corrected chi connectivity index (χ0v) is 15.1. The minimum absolute atomic E-state index is 0.0397. The molecule has 6 nitrogen and oxygen atoms in total. The number of rotatable bonds is 5. The zero-order valence-electron chi connectivity index (χ0n) is 14.3. The minimum atomic E-state index is -3.17. The highest BCUT2D eigenvalue weighted by molar-refractivity contribution is 7.90. The summed E-state index contributed by atoms with van der Waals surface area (Å²) >= 11 is 0. The number of ether oxygens (including phenoxy) is 1. The Kier molecular flexibility index (Phi) is 5.63. The molecule has 1 saturated carbocycles. The van der Waals surface area contributed by atoms with E-state index in [1.54, 1.807) is 0 Å². The second-order valence-electron chi connectivity index (χ2n) is 7.40. The fraction of sp³-hybridized carbons (Fsp3) is 1.00. The maximum Gasteiger partial charge on any atom is 0.214 e. The maximum atomic E-state index is 12.6. The molecule has 2 saturated heterocycles. The Morgan fingerprint density at radius 2 is 1.70 bits per heavy atom. The molecule has 1 N–H and O–H groups in total. The second-order valence-corrected chi connectivity index (χ2v) is 9.44. The third-order valence-corrected chi connectivity index (χ3v) is 7.84. The predicted octanol–water partition coefficient (Wildman–Crippen LogP) is 0.645. The number of likely N-dealkylation sites (tertiary alicyclic amines) is 1. The molecule has 0 aromatic carbocycles. The van der Waals surface area contributed by atoms with Gasteiger partial charge in [-0.2, -0.15) is 0 Å². The molecule has 0 radical (unpaired) electrons. The van der Waals surface area contributed by atoms with E-state index in [9.17, 15) is 8.42 Å². The normalized spacial score (nSPS) is 28.2. The number of hydrogen-bond donors (Lipinski definition) is 1. The Hall–Kier alpha value is -0.210. The van der Waals surface area contributed by atoms with E-state index in [4.69, 9.17) is 4.74 Å². The topological polar surface area (TPSA) is 61.9 Å². The standard InChI is InChI=1S/C16H31N3O3S/c1-18-8-6-16(7-9-18,19-10-12-22-13-11-19)14-17-23(20,21)15-4-2-3-5-15/h15,17H,2-14H2,1H3. The van der Waals surface area contributed by atoms with Gasteiger partial charge in [0.2, 0.25) is 10.0 Å². The summed E-state index contributed by atoms with van der Waals surface area (Å²) in [6, 6.07) is 0. The molecule has 3 rings (SSSR count). The molecule has 0 spiro atoms. The van der Waals surface area contributed by atoms with Crippen LogP contribution in [0.25, 0.3) is 0 Å². The van der Waals surface area contributed by atoms with Crippen molar-refractivity contribution < 1.29 is 13.2 Å². The molecule has 0 aromatic rings. The highest BCUT2D eigenvalue weighted by Gasteiger charge is 2.41. The molecular weight excluding hydrogens is 314 g/mol. The van der Waals surface area contributed by atoms with Gasteiger partial charge in [0.15, 0.2) is 0 Å². The molecule has 1 aliphatic carbocycles. The van der Waals surface area contributed by atoms with Gasteiger partial charge in [0.1, 0.15) is 0 Å². The van der Waals surface area contributed by atoms with Gasteiger partial charge in [-0.15, -0.1) is 0 Å². The molecule has 2 aliphatic heterocycles. The van der Waals surface area contributed by atoms with Crippen LogP contribution < -0.4 is 4.72 Å². The fourth-order valence-electron chi connectivity index (χ4n) is 4.23. The van der Waals surface area contributed by atoms with Gasteiger partial charge in [-0.1, -0.05) is 12.8 Å². The van der Waals surface area contributed by atoms with E-state index in [0.29, 0.717) is 6.54 Å². The minimum Gasteiger partial charge on any atom is -0.379 e. The van der Waals surface area contributed by atoms with Gasteiger partial charge in [0.25, 0.3) is 0 Å². The summed E-state index contributed by atoms with van der Waals surface area (Å²) in [5.74, 6) is 0. The van der Waals surface area contributed by atoms with E-state index < -0.39 is 10.0 Å². The maximum absolute atomic E-state index is 12.6. The van der Waals surface area contributed by atoms with Crippen LogP contribution in [0.3, 0.4) is 0 Å². The van der Waals surface area contributed by atoms with E-state index >= 15 is 0 Å². The summed E-state index contributed by atoms with van der Waals surface area (Å²) in [5.41, 5.74) is -0.0397. The predicted molar refractivity (Wildman–Crippen MR) is 91.0 cm³/mol. The van der Waals surface area contributed by atoms with Gasteiger partial charge in [-0.25, -0.2) is 13.1 Å².